The van der Waals surface area contributed by atoms with Gasteiger partial charge in [-0.05, 0) is 60.5 Å². The Kier molecular flexibility index (Phi) is 26.4. The minimum absolute atomic E-state index is 0.0168. The molecule has 0 rings (SSSR count). The summed E-state index contributed by atoms with van der Waals surface area (Å²) < 4.78 is 11.9. The van der Waals surface area contributed by atoms with E-state index >= 15 is 0 Å². The lowest BCUT2D eigenvalue weighted by Crippen LogP contribution is -2.42. The fourth-order valence-electron chi connectivity index (χ4n) is 3.02. The second-order valence-electron chi connectivity index (χ2n) is 13.1. The molecule has 0 aromatic carbocycles. The molecule has 0 fully saturated rings. The molecule has 7 heteroatoms. The first-order chi connectivity index (χ1) is 17.2. The molecule has 0 bridgehead atoms. The predicted octanol–water partition coefficient (Wildman–Crippen LogP) is 6.51. The van der Waals surface area contributed by atoms with E-state index in [1.807, 2.05) is 27.7 Å². The quantitative estimate of drug-likeness (QED) is 0.243. The highest BCUT2D eigenvalue weighted by Gasteiger charge is 2.28. The zero-order valence-corrected chi connectivity index (χ0v) is 28.4. The molecule has 0 atom stereocenters. The molecule has 0 saturated carbocycles. The van der Waals surface area contributed by atoms with E-state index in [0.717, 1.165) is 13.5 Å². The van der Waals surface area contributed by atoms with Crippen LogP contribution < -0.4 is 5.32 Å². The highest BCUT2D eigenvalue weighted by atomic mass is 16.5. The van der Waals surface area contributed by atoms with Gasteiger partial charge in [-0.25, -0.2) is 0 Å². The Morgan fingerprint density at radius 2 is 1.21 bits per heavy atom. The number of Topliss-reactive ketones (excluding diaryl/α,β-unsaturated/α-hetero) is 1. The first-order valence-electron chi connectivity index (χ1n) is 14.3. The highest BCUT2D eigenvalue weighted by molar-refractivity contribution is 5.77. The van der Waals surface area contributed by atoms with E-state index in [0.29, 0.717) is 39.2 Å². The van der Waals surface area contributed by atoms with Crippen molar-refractivity contribution in [3.63, 3.8) is 0 Å². The number of nitrogens with one attached hydrogen (secondary N) is 1. The van der Waals surface area contributed by atoms with Gasteiger partial charge in [-0.1, -0.05) is 68.2 Å². The van der Waals surface area contributed by atoms with Crippen LogP contribution in [0.4, 0.5) is 0 Å². The maximum absolute atomic E-state index is 12.5. The van der Waals surface area contributed by atoms with Gasteiger partial charge in [0, 0.05) is 37.6 Å². The van der Waals surface area contributed by atoms with Gasteiger partial charge in [0.2, 0.25) is 5.91 Å². The van der Waals surface area contributed by atoms with Crippen molar-refractivity contribution in [1.29, 1.82) is 0 Å². The van der Waals surface area contributed by atoms with Crippen LogP contribution in [0.3, 0.4) is 0 Å². The molecular weight excluding hydrogens is 480 g/mol. The molecular formula is C31H68N2O5. The van der Waals surface area contributed by atoms with E-state index < -0.39 is 5.60 Å². The summed E-state index contributed by atoms with van der Waals surface area (Å²) in [5.74, 6) is 0.155. The van der Waals surface area contributed by atoms with Gasteiger partial charge in [0.05, 0.1) is 25.2 Å². The molecule has 0 unspecified atom stereocenters. The summed E-state index contributed by atoms with van der Waals surface area (Å²) in [6.07, 6.45) is 4.22. The van der Waals surface area contributed by atoms with Gasteiger partial charge in [0.25, 0.3) is 0 Å². The minimum Gasteiger partial charge on any atom is -0.400 e. The Balaban J connectivity index is -0.000000640. The van der Waals surface area contributed by atoms with E-state index in [4.69, 9.17) is 14.6 Å². The number of carbonyl (C=O) groups excluding carboxylic acids is 2. The van der Waals surface area contributed by atoms with E-state index in [1.54, 1.807) is 6.92 Å². The van der Waals surface area contributed by atoms with Crippen LogP contribution >= 0.6 is 0 Å². The summed E-state index contributed by atoms with van der Waals surface area (Å²) >= 11 is 0. The molecule has 232 valence electrons. The number of aliphatic hydroxyl groups excluding tert-OH is 1. The summed E-state index contributed by atoms with van der Waals surface area (Å²) in [7, 11) is 5.13. The smallest absolute Gasteiger partial charge is 0.222 e. The summed E-state index contributed by atoms with van der Waals surface area (Å²) in [6.45, 7) is 28.8. The third-order valence-electron chi connectivity index (χ3n) is 5.48. The minimum atomic E-state index is -0.510. The maximum atomic E-state index is 12.5. The third kappa shape index (κ3) is 29.5. The van der Waals surface area contributed by atoms with Gasteiger partial charge in [0.1, 0.15) is 5.78 Å². The number of hydrogen-bond acceptors (Lipinski definition) is 6. The molecule has 38 heavy (non-hydrogen) atoms. The van der Waals surface area contributed by atoms with Crippen LogP contribution in [0.2, 0.25) is 0 Å². The van der Waals surface area contributed by atoms with E-state index in [9.17, 15) is 9.59 Å². The number of amides is 1. The maximum Gasteiger partial charge on any atom is 0.222 e. The van der Waals surface area contributed by atoms with Crippen molar-refractivity contribution in [1.82, 2.24) is 10.2 Å². The Morgan fingerprint density at radius 3 is 1.61 bits per heavy atom. The van der Waals surface area contributed by atoms with Crippen LogP contribution in [0, 0.1) is 10.8 Å². The fraction of sp³-hybridized carbons (Fsp3) is 0.935. The van der Waals surface area contributed by atoms with Crippen LogP contribution in [0.5, 0.6) is 0 Å². The summed E-state index contributed by atoms with van der Waals surface area (Å²) in [4.78, 5) is 26.0. The van der Waals surface area contributed by atoms with Gasteiger partial charge in [-0.3, -0.25) is 4.79 Å². The first kappa shape index (κ1) is 44.0. The zero-order chi connectivity index (χ0) is 31.2. The number of hydrogen-bond donors (Lipinski definition) is 2. The zero-order valence-electron chi connectivity index (χ0n) is 28.4. The van der Waals surface area contributed by atoms with Crippen molar-refractivity contribution in [2.24, 2.45) is 10.8 Å². The van der Waals surface area contributed by atoms with Crippen molar-refractivity contribution in [3.05, 3.63) is 0 Å². The topological polar surface area (TPSA) is 88.1 Å². The van der Waals surface area contributed by atoms with Crippen LogP contribution in [-0.4, -0.2) is 80.4 Å². The molecule has 0 aliphatic rings. The Labute approximate surface area is 237 Å². The van der Waals surface area contributed by atoms with Gasteiger partial charge in [-0.2, -0.15) is 0 Å². The monoisotopic (exact) mass is 549 g/mol. The Hall–Kier alpha value is -1.02. The lowest BCUT2D eigenvalue weighted by atomic mass is 9.88. The normalized spacial score (nSPS) is 11.8. The summed E-state index contributed by atoms with van der Waals surface area (Å²) in [5.41, 5.74) is -0.818. The molecule has 0 heterocycles. The van der Waals surface area contributed by atoms with Gasteiger partial charge < -0.3 is 29.6 Å². The fourth-order valence-corrected chi connectivity index (χ4v) is 3.02. The number of aliphatic hydroxyl groups is 1. The summed E-state index contributed by atoms with van der Waals surface area (Å²) in [5, 5.41) is 10.0. The second kappa shape index (κ2) is 22.8. The second-order valence-corrected chi connectivity index (χ2v) is 13.1. The Morgan fingerprint density at radius 1 is 0.789 bits per heavy atom. The lowest BCUT2D eigenvalue weighted by molar-refractivity contribution is -0.128. The van der Waals surface area contributed by atoms with Gasteiger partial charge in [-0.15, -0.1) is 0 Å². The van der Waals surface area contributed by atoms with Crippen molar-refractivity contribution in [2.75, 3.05) is 47.6 Å². The average Bonchev–Trinajstić information content (AvgIpc) is 2.73. The molecule has 2 N–H and O–H groups in total. The molecule has 0 radical (unpaired) electrons. The number of carbonyl (C=O) groups is 2. The van der Waals surface area contributed by atoms with Crippen molar-refractivity contribution in [2.45, 2.75) is 133 Å². The van der Waals surface area contributed by atoms with Crippen LogP contribution in [0.25, 0.3) is 0 Å². The first-order valence-corrected chi connectivity index (χ1v) is 14.3. The van der Waals surface area contributed by atoms with Crippen LogP contribution in [0.1, 0.15) is 122 Å². The number of rotatable bonds is 15. The molecule has 1 amide bonds. The SMILES string of the molecule is CC(=O)CC(C)(C)COCC(C)(C)CNC(=O)CC(C)(C)OCCC(C)(C)N(C)C.CCC.CCC.CO. The number of ketones is 1. The molecule has 0 aliphatic heterocycles. The van der Waals surface area contributed by atoms with Crippen molar-refractivity contribution >= 4 is 11.7 Å². The molecule has 0 aromatic heterocycles. The highest BCUT2D eigenvalue weighted by Crippen LogP contribution is 2.23. The molecule has 0 aliphatic carbocycles. The molecule has 7 nitrogen and oxygen atoms in total. The lowest BCUT2D eigenvalue weighted by Gasteiger charge is -2.34. The average molecular weight is 549 g/mol. The van der Waals surface area contributed by atoms with Gasteiger partial charge in [0.15, 0.2) is 0 Å². The molecule has 0 aromatic rings. The Bertz CT molecular complexity index is 583. The van der Waals surface area contributed by atoms with Gasteiger partial charge >= 0.3 is 0 Å². The van der Waals surface area contributed by atoms with Crippen molar-refractivity contribution in [3.8, 4) is 0 Å². The predicted molar refractivity (Wildman–Crippen MR) is 164 cm³/mol. The van der Waals surface area contributed by atoms with Crippen LogP contribution in [0.15, 0.2) is 0 Å². The summed E-state index contributed by atoms with van der Waals surface area (Å²) in [6, 6.07) is 0. The van der Waals surface area contributed by atoms with E-state index in [-0.39, 0.29) is 28.1 Å². The van der Waals surface area contributed by atoms with E-state index in [2.05, 4.69) is 79.7 Å². The standard InChI is InChI=1S/C24H48N2O4.2C3H8.CH4O/c1-19(27)14-21(2,3)17-29-18-22(4,5)16-25-20(28)15-24(8,9)30-13-12-23(6,7)26(10)11;2*1-3-2;1-2/h12-18H2,1-11H3,(H,25,28);2*3H2,1-2H3;2H,1H3. The van der Waals surface area contributed by atoms with Crippen molar-refractivity contribution < 1.29 is 24.2 Å². The molecule has 0 spiro atoms. The number of nitrogens with zero attached hydrogens (tertiary/aromatic N) is 1. The van der Waals surface area contributed by atoms with Crippen LogP contribution in [-0.2, 0) is 19.1 Å². The largest absolute Gasteiger partial charge is 0.400 e. The molecule has 0 saturated heterocycles. The number of ether oxygens (including phenoxy) is 2. The van der Waals surface area contributed by atoms with E-state index in [1.165, 1.54) is 12.8 Å². The third-order valence-corrected chi connectivity index (χ3v) is 5.48.